The molecule has 0 radical (unpaired) electrons. The molecule has 2 fully saturated rings. The van der Waals surface area contributed by atoms with Gasteiger partial charge < -0.3 is 29.3 Å². The third kappa shape index (κ3) is 5.28. The van der Waals surface area contributed by atoms with E-state index in [0.29, 0.717) is 56.7 Å². The summed E-state index contributed by atoms with van der Waals surface area (Å²) in [5.74, 6) is 2.26. The molecule has 4 heterocycles. The Morgan fingerprint density at radius 2 is 1.95 bits per heavy atom. The Morgan fingerprint density at radius 3 is 2.62 bits per heavy atom. The molecule has 1 spiro atoms. The Balaban J connectivity index is 1.54. The van der Waals surface area contributed by atoms with Gasteiger partial charge in [0.2, 0.25) is 0 Å². The van der Waals surface area contributed by atoms with Crippen molar-refractivity contribution in [3.63, 3.8) is 0 Å². The summed E-state index contributed by atoms with van der Waals surface area (Å²) in [7, 11) is 1.78. The van der Waals surface area contributed by atoms with Crippen LogP contribution < -0.4 is 15.0 Å². The third-order valence-electron chi connectivity index (χ3n) is 7.07. The highest BCUT2D eigenvalue weighted by Gasteiger charge is 2.45. The van der Waals surface area contributed by atoms with Gasteiger partial charge in [0, 0.05) is 43.8 Å². The lowest BCUT2D eigenvalue weighted by Crippen LogP contribution is -2.59. The van der Waals surface area contributed by atoms with E-state index in [0.717, 1.165) is 44.7 Å². The molecule has 0 aliphatic carbocycles. The molecule has 0 unspecified atom stereocenters. The molecule has 2 aliphatic heterocycles. The number of ether oxygens (including phenoxy) is 2. The molecule has 0 bridgehead atoms. The topological polar surface area (TPSA) is 106 Å². The van der Waals surface area contributed by atoms with E-state index in [1.807, 2.05) is 13.8 Å². The first-order valence-electron chi connectivity index (χ1n) is 12.4. The van der Waals surface area contributed by atoms with Crippen LogP contribution in [0.2, 0.25) is 10.0 Å². The van der Waals surface area contributed by atoms with Gasteiger partial charge >= 0.3 is 0 Å². The van der Waals surface area contributed by atoms with Crippen LogP contribution in [-0.2, 0) is 4.74 Å². The minimum atomic E-state index is -0.641. The van der Waals surface area contributed by atoms with Gasteiger partial charge in [-0.1, -0.05) is 28.4 Å². The van der Waals surface area contributed by atoms with Crippen LogP contribution in [0.5, 0.6) is 5.75 Å². The highest BCUT2D eigenvalue weighted by atomic mass is 35.5. The zero-order valence-electron chi connectivity index (χ0n) is 21.2. The Bertz CT molecular complexity index is 1250. The van der Waals surface area contributed by atoms with Crippen LogP contribution in [0.4, 0.5) is 5.82 Å². The van der Waals surface area contributed by atoms with E-state index in [1.54, 1.807) is 25.2 Å². The number of aliphatic hydroxyl groups is 1. The molecule has 198 valence electrons. The number of rotatable bonds is 8. The zero-order valence-corrected chi connectivity index (χ0v) is 22.7. The molecular weight excluding hydrogens is 517 g/mol. The van der Waals surface area contributed by atoms with E-state index in [-0.39, 0.29) is 12.0 Å². The average molecular weight is 548 g/mol. The number of aliphatic hydroxyl groups excluding tert-OH is 1. The number of likely N-dealkylation sites (N-methyl/N-ethyl adjacent to an activating group) is 1. The van der Waals surface area contributed by atoms with Crippen molar-refractivity contribution in [2.75, 3.05) is 51.4 Å². The van der Waals surface area contributed by atoms with Gasteiger partial charge in [0.05, 0.1) is 16.3 Å². The lowest BCUT2D eigenvalue weighted by molar-refractivity contribution is -0.000445. The fourth-order valence-corrected chi connectivity index (χ4v) is 5.54. The maximum Gasteiger partial charge on any atom is 0.163 e. The summed E-state index contributed by atoms with van der Waals surface area (Å²) >= 11 is 13.6. The summed E-state index contributed by atoms with van der Waals surface area (Å²) in [5.41, 5.74) is 2.83. The lowest BCUT2D eigenvalue weighted by Gasteiger charge is -2.53. The number of benzene rings is 1. The van der Waals surface area contributed by atoms with Crippen molar-refractivity contribution >= 4 is 29.0 Å². The van der Waals surface area contributed by atoms with Gasteiger partial charge in [-0.15, -0.1) is 0 Å². The minimum Gasteiger partial charge on any atom is -0.491 e. The second-order valence-electron chi connectivity index (χ2n) is 9.87. The zero-order chi connectivity index (χ0) is 26.2. The van der Waals surface area contributed by atoms with Crippen molar-refractivity contribution in [3.05, 3.63) is 39.7 Å². The molecular formula is C26H31Cl2N5O4. The molecule has 5 rings (SSSR count). The molecule has 1 aromatic carbocycles. The van der Waals surface area contributed by atoms with Crippen molar-refractivity contribution in [2.45, 2.75) is 32.8 Å². The molecule has 37 heavy (non-hydrogen) atoms. The second kappa shape index (κ2) is 10.7. The second-order valence-corrected chi connectivity index (χ2v) is 10.7. The monoisotopic (exact) mass is 547 g/mol. The maximum atomic E-state index is 10.0. The van der Waals surface area contributed by atoms with E-state index in [1.165, 1.54) is 0 Å². The molecule has 9 nitrogen and oxygen atoms in total. The summed E-state index contributed by atoms with van der Waals surface area (Å²) < 4.78 is 16.8. The fourth-order valence-electron chi connectivity index (χ4n) is 5.04. The third-order valence-corrected chi connectivity index (χ3v) is 7.75. The van der Waals surface area contributed by atoms with Gasteiger partial charge in [-0.3, -0.25) is 0 Å². The Hall–Kier alpha value is -2.43. The van der Waals surface area contributed by atoms with Gasteiger partial charge in [-0.2, -0.15) is 0 Å². The lowest BCUT2D eigenvalue weighted by atomic mass is 9.73. The summed E-state index contributed by atoms with van der Waals surface area (Å²) in [6.45, 7) is 7.54. The first kappa shape index (κ1) is 26.2. The normalized spacial score (nSPS) is 17.6. The van der Waals surface area contributed by atoms with Gasteiger partial charge in [-0.05, 0) is 51.9 Å². The number of halogens is 2. The summed E-state index contributed by atoms with van der Waals surface area (Å²) in [5, 5.41) is 18.0. The Kier molecular flexibility index (Phi) is 7.60. The predicted octanol–water partition coefficient (Wildman–Crippen LogP) is 4.30. The number of nitrogens with one attached hydrogen (secondary N) is 1. The highest BCUT2D eigenvalue weighted by Crippen LogP contribution is 2.46. The molecule has 2 N–H and O–H groups in total. The van der Waals surface area contributed by atoms with E-state index >= 15 is 0 Å². The first-order chi connectivity index (χ1) is 17.8. The van der Waals surface area contributed by atoms with E-state index in [9.17, 15) is 5.11 Å². The molecule has 2 aliphatic rings. The first-order valence-corrected chi connectivity index (χ1v) is 13.1. The van der Waals surface area contributed by atoms with Crippen molar-refractivity contribution in [1.29, 1.82) is 0 Å². The largest absolute Gasteiger partial charge is 0.491 e. The fraction of sp³-hybridized carbons (Fsp3) is 0.500. The Morgan fingerprint density at radius 1 is 1.19 bits per heavy atom. The number of aryl methyl sites for hydroxylation is 2. The molecule has 3 aromatic rings. The van der Waals surface area contributed by atoms with E-state index < -0.39 is 6.10 Å². The van der Waals surface area contributed by atoms with Crippen LogP contribution >= 0.6 is 23.2 Å². The summed E-state index contributed by atoms with van der Waals surface area (Å²) in [4.78, 5) is 11.9. The smallest absolute Gasteiger partial charge is 0.163 e. The van der Waals surface area contributed by atoms with Crippen LogP contribution in [0.1, 0.15) is 24.3 Å². The van der Waals surface area contributed by atoms with Crippen LogP contribution in [0.25, 0.3) is 22.6 Å². The van der Waals surface area contributed by atoms with Crippen LogP contribution in [0, 0.1) is 19.3 Å². The number of anilines is 1. The number of hydrogen-bond acceptors (Lipinski definition) is 9. The highest BCUT2D eigenvalue weighted by molar-refractivity contribution is 6.36. The SMILES string of the molecule is CNC[C@@H](O)COc1ccc(Cl)c(-c2nc(-c3c(C)noc3C)c(Cl)c(N3CC4(CCOCC4)C3)n2)c1. The molecule has 2 aromatic heterocycles. The van der Waals surface area contributed by atoms with Gasteiger partial charge in [0.15, 0.2) is 11.6 Å². The van der Waals surface area contributed by atoms with Gasteiger partial charge in [0.1, 0.15) is 34.9 Å². The average Bonchev–Trinajstić information content (AvgIpc) is 3.20. The number of nitrogens with zero attached hydrogens (tertiary/aromatic N) is 4. The van der Waals surface area contributed by atoms with Crippen LogP contribution in [-0.4, -0.2) is 72.8 Å². The number of hydrogen-bond donors (Lipinski definition) is 2. The quantitative estimate of drug-likeness (QED) is 0.426. The van der Waals surface area contributed by atoms with E-state index in [2.05, 4.69) is 15.4 Å². The standard InChI is InChI=1S/C26H31Cl2N5O4/c1-15-21(16(2)37-32-15)23-22(28)25(33-13-26(14-33)6-8-35-9-7-26)31-24(30-23)19-10-18(4-5-20(19)27)36-12-17(34)11-29-3/h4-5,10,17,29,34H,6-9,11-14H2,1-3H3/t17-/m1/s1. The van der Waals surface area contributed by atoms with E-state index in [4.69, 9.17) is 47.2 Å². The number of aromatic nitrogens is 3. The molecule has 2 saturated heterocycles. The molecule has 11 heteroatoms. The molecule has 0 saturated carbocycles. The van der Waals surface area contributed by atoms with Gasteiger partial charge in [0.25, 0.3) is 0 Å². The van der Waals surface area contributed by atoms with Crippen molar-refractivity contribution in [3.8, 4) is 28.4 Å². The van der Waals surface area contributed by atoms with Crippen molar-refractivity contribution in [2.24, 2.45) is 5.41 Å². The summed E-state index contributed by atoms with van der Waals surface area (Å²) in [6.07, 6.45) is 1.42. The summed E-state index contributed by atoms with van der Waals surface area (Å²) in [6, 6.07) is 5.29. The molecule has 1 atom stereocenters. The Labute approximate surface area is 226 Å². The van der Waals surface area contributed by atoms with Crippen molar-refractivity contribution in [1.82, 2.24) is 20.4 Å². The van der Waals surface area contributed by atoms with Crippen molar-refractivity contribution < 1.29 is 19.1 Å². The van der Waals surface area contributed by atoms with Crippen LogP contribution in [0.3, 0.4) is 0 Å². The predicted molar refractivity (Wildman–Crippen MR) is 143 cm³/mol. The molecule has 0 amide bonds. The minimum absolute atomic E-state index is 0.137. The van der Waals surface area contributed by atoms with Gasteiger partial charge in [-0.25, -0.2) is 9.97 Å². The maximum absolute atomic E-state index is 10.0. The van der Waals surface area contributed by atoms with Crippen LogP contribution in [0.15, 0.2) is 22.7 Å².